The molecule has 3 nitrogen and oxygen atoms in total. The van der Waals surface area contributed by atoms with Gasteiger partial charge in [-0.1, -0.05) is 18.2 Å². The fourth-order valence-electron chi connectivity index (χ4n) is 1.96. The minimum atomic E-state index is 0.771. The van der Waals surface area contributed by atoms with Crippen LogP contribution in [0.15, 0.2) is 30.5 Å². The highest BCUT2D eigenvalue weighted by atomic mass is 127. The molecular formula is C14H12IN3. The molecule has 3 rings (SSSR count). The normalized spacial score (nSPS) is 11.1. The minimum absolute atomic E-state index is 0.771. The number of aromatic nitrogens is 3. The van der Waals surface area contributed by atoms with E-state index in [9.17, 15) is 0 Å². The van der Waals surface area contributed by atoms with E-state index in [1.165, 1.54) is 9.13 Å². The van der Waals surface area contributed by atoms with Crippen LogP contribution in [0.1, 0.15) is 11.1 Å². The third kappa shape index (κ3) is 1.90. The first-order valence-electron chi connectivity index (χ1n) is 5.73. The zero-order valence-electron chi connectivity index (χ0n) is 10.2. The van der Waals surface area contributed by atoms with Gasteiger partial charge in [-0.15, -0.1) is 0 Å². The van der Waals surface area contributed by atoms with Gasteiger partial charge in [-0.25, -0.2) is 9.97 Å². The van der Waals surface area contributed by atoms with E-state index in [1.54, 1.807) is 0 Å². The van der Waals surface area contributed by atoms with Gasteiger partial charge >= 0.3 is 0 Å². The van der Waals surface area contributed by atoms with Crippen molar-refractivity contribution in [3.63, 3.8) is 0 Å². The van der Waals surface area contributed by atoms with Gasteiger partial charge in [-0.05, 0) is 53.6 Å². The largest absolute Gasteiger partial charge is 0.337 e. The molecule has 90 valence electrons. The number of hydrogen-bond acceptors (Lipinski definition) is 2. The van der Waals surface area contributed by atoms with Crippen LogP contribution in [0.25, 0.3) is 22.6 Å². The van der Waals surface area contributed by atoms with Crippen LogP contribution >= 0.6 is 22.6 Å². The standard InChI is InChI=1S/C14H12IN3/c1-8-6-11-14(16-7-8)18-13(17-11)10-5-3-4-9(2)12(10)15/h3-7H,1-2H3,(H,16,17,18). The summed E-state index contributed by atoms with van der Waals surface area (Å²) in [7, 11) is 0. The Morgan fingerprint density at radius 1 is 1.22 bits per heavy atom. The van der Waals surface area contributed by atoms with E-state index in [2.05, 4.69) is 68.7 Å². The van der Waals surface area contributed by atoms with Crippen molar-refractivity contribution < 1.29 is 0 Å². The summed E-state index contributed by atoms with van der Waals surface area (Å²) < 4.78 is 1.23. The van der Waals surface area contributed by atoms with Crippen molar-refractivity contribution in [3.05, 3.63) is 45.2 Å². The molecule has 18 heavy (non-hydrogen) atoms. The number of nitrogens with zero attached hydrogens (tertiary/aromatic N) is 2. The number of fused-ring (bicyclic) bond motifs is 1. The molecule has 0 unspecified atom stereocenters. The highest BCUT2D eigenvalue weighted by molar-refractivity contribution is 14.1. The number of benzene rings is 1. The van der Waals surface area contributed by atoms with Crippen LogP contribution in [0.4, 0.5) is 0 Å². The molecule has 0 amide bonds. The van der Waals surface area contributed by atoms with Crippen LogP contribution in [-0.2, 0) is 0 Å². The highest BCUT2D eigenvalue weighted by Gasteiger charge is 2.10. The lowest BCUT2D eigenvalue weighted by molar-refractivity contribution is 1.27. The number of rotatable bonds is 1. The van der Waals surface area contributed by atoms with Gasteiger partial charge in [0.25, 0.3) is 0 Å². The number of aromatic amines is 1. The number of pyridine rings is 1. The Hall–Kier alpha value is -1.43. The van der Waals surface area contributed by atoms with Crippen LogP contribution in [0.2, 0.25) is 0 Å². The van der Waals surface area contributed by atoms with Crippen molar-refractivity contribution >= 4 is 33.8 Å². The van der Waals surface area contributed by atoms with Crippen LogP contribution in [0, 0.1) is 17.4 Å². The summed E-state index contributed by atoms with van der Waals surface area (Å²) in [5.74, 6) is 0.885. The monoisotopic (exact) mass is 349 g/mol. The van der Waals surface area contributed by atoms with E-state index in [-0.39, 0.29) is 0 Å². The minimum Gasteiger partial charge on any atom is -0.337 e. The Balaban J connectivity index is 2.22. The average Bonchev–Trinajstić information content (AvgIpc) is 2.75. The number of nitrogens with one attached hydrogen (secondary N) is 1. The second-order valence-corrected chi connectivity index (χ2v) is 5.48. The van der Waals surface area contributed by atoms with Crippen molar-refractivity contribution in [2.75, 3.05) is 0 Å². The predicted octanol–water partition coefficient (Wildman–Crippen LogP) is 3.85. The first-order chi connectivity index (χ1) is 8.65. The van der Waals surface area contributed by atoms with Crippen molar-refractivity contribution in [3.8, 4) is 11.4 Å². The number of hydrogen-bond donors (Lipinski definition) is 1. The molecule has 0 atom stereocenters. The number of halogens is 1. The third-order valence-electron chi connectivity index (χ3n) is 2.92. The molecule has 0 aliphatic rings. The third-order valence-corrected chi connectivity index (χ3v) is 4.35. The molecular weight excluding hydrogens is 337 g/mol. The summed E-state index contributed by atoms with van der Waals surface area (Å²) in [4.78, 5) is 12.2. The molecule has 0 fully saturated rings. The first-order valence-corrected chi connectivity index (χ1v) is 6.81. The van der Waals surface area contributed by atoms with Crippen molar-refractivity contribution in [1.29, 1.82) is 0 Å². The van der Waals surface area contributed by atoms with E-state index in [0.717, 1.165) is 28.1 Å². The lowest BCUT2D eigenvalue weighted by atomic mass is 10.1. The SMILES string of the molecule is Cc1cnc2nc(-c3cccc(C)c3I)[nH]c2c1. The molecule has 0 aliphatic heterocycles. The molecule has 4 heteroatoms. The number of aryl methyl sites for hydroxylation is 2. The smallest absolute Gasteiger partial charge is 0.178 e. The molecule has 0 saturated carbocycles. The van der Waals surface area contributed by atoms with Crippen molar-refractivity contribution in [2.24, 2.45) is 0 Å². The van der Waals surface area contributed by atoms with Gasteiger partial charge in [0.2, 0.25) is 0 Å². The maximum atomic E-state index is 4.55. The van der Waals surface area contributed by atoms with Crippen LogP contribution < -0.4 is 0 Å². The first kappa shape index (κ1) is 11.6. The predicted molar refractivity (Wildman–Crippen MR) is 81.5 cm³/mol. The zero-order chi connectivity index (χ0) is 12.7. The van der Waals surface area contributed by atoms with Crippen LogP contribution in [0.3, 0.4) is 0 Å². The molecule has 2 aromatic heterocycles. The van der Waals surface area contributed by atoms with Crippen molar-refractivity contribution in [1.82, 2.24) is 15.0 Å². The summed E-state index contributed by atoms with van der Waals surface area (Å²) in [5, 5.41) is 0. The van der Waals surface area contributed by atoms with Gasteiger partial charge in [0.15, 0.2) is 5.65 Å². The maximum absolute atomic E-state index is 4.55. The van der Waals surface area contributed by atoms with E-state index < -0.39 is 0 Å². The molecule has 2 heterocycles. The van der Waals surface area contributed by atoms with Crippen LogP contribution in [0.5, 0.6) is 0 Å². The van der Waals surface area contributed by atoms with Gasteiger partial charge in [0.05, 0.1) is 5.52 Å². The van der Waals surface area contributed by atoms with Gasteiger partial charge in [-0.2, -0.15) is 0 Å². The molecule has 0 saturated heterocycles. The number of H-pyrrole nitrogens is 1. The molecule has 0 aliphatic carbocycles. The van der Waals surface area contributed by atoms with Gasteiger partial charge < -0.3 is 4.98 Å². The topological polar surface area (TPSA) is 41.6 Å². The molecule has 1 aromatic carbocycles. The fourth-order valence-corrected chi connectivity index (χ4v) is 2.58. The van der Waals surface area contributed by atoms with E-state index in [1.807, 2.05) is 13.1 Å². The summed E-state index contributed by atoms with van der Waals surface area (Å²) in [6.07, 6.45) is 1.84. The lowest BCUT2D eigenvalue weighted by Crippen LogP contribution is -1.88. The Kier molecular flexibility index (Phi) is 2.81. The lowest BCUT2D eigenvalue weighted by Gasteiger charge is -2.03. The average molecular weight is 349 g/mol. The molecule has 0 radical (unpaired) electrons. The second-order valence-electron chi connectivity index (χ2n) is 4.41. The van der Waals surface area contributed by atoms with Crippen LogP contribution in [-0.4, -0.2) is 15.0 Å². The van der Waals surface area contributed by atoms with E-state index in [4.69, 9.17) is 0 Å². The Bertz CT molecular complexity index is 731. The van der Waals surface area contributed by atoms with Gasteiger partial charge in [0.1, 0.15) is 5.82 Å². The molecule has 3 aromatic rings. The van der Waals surface area contributed by atoms with Gasteiger partial charge in [0, 0.05) is 15.3 Å². The summed E-state index contributed by atoms with van der Waals surface area (Å²) in [6.45, 7) is 4.14. The molecule has 0 spiro atoms. The molecule has 0 bridgehead atoms. The molecule has 1 N–H and O–H groups in total. The zero-order valence-corrected chi connectivity index (χ0v) is 12.3. The summed E-state index contributed by atoms with van der Waals surface area (Å²) in [6, 6.07) is 8.32. The van der Waals surface area contributed by atoms with Crippen molar-refractivity contribution in [2.45, 2.75) is 13.8 Å². The Morgan fingerprint density at radius 3 is 2.89 bits per heavy atom. The fraction of sp³-hybridized carbons (Fsp3) is 0.143. The number of imidazole rings is 1. The Morgan fingerprint density at radius 2 is 2.06 bits per heavy atom. The second kappa shape index (κ2) is 4.35. The van der Waals surface area contributed by atoms with Gasteiger partial charge in [-0.3, -0.25) is 0 Å². The maximum Gasteiger partial charge on any atom is 0.178 e. The van der Waals surface area contributed by atoms with E-state index in [0.29, 0.717) is 0 Å². The quantitative estimate of drug-likeness (QED) is 0.678. The highest BCUT2D eigenvalue weighted by Crippen LogP contribution is 2.26. The Labute approximate surface area is 119 Å². The summed E-state index contributed by atoms with van der Waals surface area (Å²) >= 11 is 2.36. The summed E-state index contributed by atoms with van der Waals surface area (Å²) in [5.41, 5.74) is 5.29. The van der Waals surface area contributed by atoms with E-state index >= 15 is 0 Å².